The second-order valence-corrected chi connectivity index (χ2v) is 6.38. The number of aromatic amines is 1. The van der Waals surface area contributed by atoms with Gasteiger partial charge in [0.05, 0.1) is 18.2 Å². The summed E-state index contributed by atoms with van der Waals surface area (Å²) in [6.45, 7) is -0.443. The van der Waals surface area contributed by atoms with Crippen molar-refractivity contribution in [1.29, 1.82) is 0 Å². The molecule has 1 heterocycles. The van der Waals surface area contributed by atoms with Gasteiger partial charge in [0.2, 0.25) is 10.0 Å². The van der Waals surface area contributed by atoms with Gasteiger partial charge in [-0.15, -0.1) is 0 Å². The minimum absolute atomic E-state index is 0.00273. The molecule has 3 N–H and O–H groups in total. The quantitative estimate of drug-likeness (QED) is 0.774. The molecule has 2 rings (SSSR count). The van der Waals surface area contributed by atoms with E-state index in [4.69, 9.17) is 23.2 Å². The molecule has 20 heavy (non-hydrogen) atoms. The average Bonchev–Trinajstić information content (AvgIpc) is 2.90. The van der Waals surface area contributed by atoms with E-state index in [9.17, 15) is 13.5 Å². The van der Waals surface area contributed by atoms with Crippen LogP contribution in [0.15, 0.2) is 29.4 Å². The van der Waals surface area contributed by atoms with Gasteiger partial charge < -0.3 is 10.1 Å². The van der Waals surface area contributed by atoms with Gasteiger partial charge in [0, 0.05) is 23.0 Å². The summed E-state index contributed by atoms with van der Waals surface area (Å²) in [5.41, 5.74) is 0.175. The molecular formula is C11H11Cl2N3O3S. The van der Waals surface area contributed by atoms with E-state index in [0.29, 0.717) is 5.82 Å². The molecule has 0 saturated carbocycles. The number of aliphatic hydroxyl groups excluding tert-OH is 1. The smallest absolute Gasteiger partial charge is 0.242 e. The Balaban J connectivity index is 2.30. The molecule has 0 fully saturated rings. The van der Waals surface area contributed by atoms with Crippen molar-refractivity contribution in [3.05, 3.63) is 46.0 Å². The van der Waals surface area contributed by atoms with Gasteiger partial charge in [-0.25, -0.2) is 18.1 Å². The first-order chi connectivity index (χ1) is 9.45. The minimum Gasteiger partial charge on any atom is -0.392 e. The van der Waals surface area contributed by atoms with E-state index < -0.39 is 16.6 Å². The van der Waals surface area contributed by atoms with Crippen molar-refractivity contribution < 1.29 is 13.5 Å². The first kappa shape index (κ1) is 15.3. The molecule has 108 valence electrons. The van der Waals surface area contributed by atoms with Crippen molar-refractivity contribution in [2.75, 3.05) is 0 Å². The lowest BCUT2D eigenvalue weighted by Gasteiger charge is -2.11. The minimum atomic E-state index is -3.83. The second-order valence-electron chi connectivity index (χ2n) is 3.86. The number of rotatable bonds is 5. The van der Waals surface area contributed by atoms with Gasteiger partial charge in [0.1, 0.15) is 10.7 Å². The first-order valence-corrected chi connectivity index (χ1v) is 7.75. The van der Waals surface area contributed by atoms with Crippen LogP contribution in [0.2, 0.25) is 10.0 Å². The topological polar surface area (TPSA) is 95.1 Å². The summed E-state index contributed by atoms with van der Waals surface area (Å²) >= 11 is 11.8. The Morgan fingerprint density at radius 3 is 2.70 bits per heavy atom. The van der Waals surface area contributed by atoms with E-state index in [1.165, 1.54) is 18.3 Å². The molecule has 6 nitrogen and oxygen atoms in total. The summed E-state index contributed by atoms with van der Waals surface area (Å²) in [5.74, 6) is 0.473. The number of aromatic nitrogens is 2. The maximum atomic E-state index is 12.2. The SMILES string of the molecule is O=S(=O)(NCc1ncc[nH]1)c1ccc(Cl)c(CO)c1Cl. The molecule has 1 aromatic carbocycles. The van der Waals surface area contributed by atoms with Crippen molar-refractivity contribution in [3.63, 3.8) is 0 Å². The van der Waals surface area contributed by atoms with Crippen LogP contribution in [-0.4, -0.2) is 23.5 Å². The Bertz CT molecular complexity index is 702. The summed E-state index contributed by atoms with van der Waals surface area (Å²) in [6.07, 6.45) is 3.10. The van der Waals surface area contributed by atoms with Gasteiger partial charge in [0.15, 0.2) is 0 Å². The highest BCUT2D eigenvalue weighted by atomic mass is 35.5. The van der Waals surface area contributed by atoms with Crippen molar-refractivity contribution in [2.45, 2.75) is 18.0 Å². The van der Waals surface area contributed by atoms with Crippen molar-refractivity contribution in [2.24, 2.45) is 0 Å². The number of H-pyrrole nitrogens is 1. The molecule has 0 saturated heterocycles. The van der Waals surface area contributed by atoms with E-state index in [0.717, 1.165) is 0 Å². The van der Waals surface area contributed by atoms with E-state index in [2.05, 4.69) is 14.7 Å². The lowest BCUT2D eigenvalue weighted by Crippen LogP contribution is -2.24. The Kier molecular flexibility index (Phi) is 4.66. The van der Waals surface area contributed by atoms with Gasteiger partial charge in [-0.3, -0.25) is 0 Å². The van der Waals surface area contributed by atoms with Gasteiger partial charge in [-0.2, -0.15) is 0 Å². The lowest BCUT2D eigenvalue weighted by atomic mass is 10.2. The third-order valence-corrected chi connectivity index (χ3v) is 4.92. The number of aliphatic hydroxyl groups is 1. The van der Waals surface area contributed by atoms with E-state index in [1.54, 1.807) is 6.20 Å². The summed E-state index contributed by atoms with van der Waals surface area (Å²) in [4.78, 5) is 6.54. The highest BCUT2D eigenvalue weighted by Gasteiger charge is 2.21. The first-order valence-electron chi connectivity index (χ1n) is 5.51. The summed E-state index contributed by atoms with van der Waals surface area (Å²) in [7, 11) is -3.83. The Morgan fingerprint density at radius 2 is 2.10 bits per heavy atom. The molecule has 0 atom stereocenters. The molecule has 2 aromatic rings. The third-order valence-electron chi connectivity index (χ3n) is 2.58. The van der Waals surface area contributed by atoms with Crippen LogP contribution in [0.1, 0.15) is 11.4 Å². The van der Waals surface area contributed by atoms with Crippen LogP contribution in [0, 0.1) is 0 Å². The van der Waals surface area contributed by atoms with E-state index in [1.807, 2.05) is 0 Å². The Morgan fingerprint density at radius 1 is 1.35 bits per heavy atom. The molecular weight excluding hydrogens is 325 g/mol. The maximum absolute atomic E-state index is 12.2. The number of imidazole rings is 1. The van der Waals surface area contributed by atoms with Crippen LogP contribution >= 0.6 is 23.2 Å². The number of hydrogen-bond acceptors (Lipinski definition) is 4. The number of nitrogens with one attached hydrogen (secondary N) is 2. The van der Waals surface area contributed by atoms with Gasteiger partial charge in [-0.05, 0) is 12.1 Å². The summed E-state index contributed by atoms with van der Waals surface area (Å²) in [5, 5.41) is 9.29. The maximum Gasteiger partial charge on any atom is 0.242 e. The van der Waals surface area contributed by atoms with Crippen LogP contribution in [0.5, 0.6) is 0 Å². The molecule has 0 aliphatic rings. The van der Waals surface area contributed by atoms with Crippen LogP contribution < -0.4 is 4.72 Å². The fraction of sp³-hybridized carbons (Fsp3) is 0.182. The predicted octanol–water partition coefficient (Wildman–Crippen LogP) is 1.69. The molecule has 0 bridgehead atoms. The molecule has 1 aromatic heterocycles. The standard InChI is InChI=1S/C11H11Cl2N3O3S/c12-8-1-2-9(11(13)7(8)6-17)20(18,19)16-5-10-14-3-4-15-10/h1-4,16-17H,5-6H2,(H,14,15). The van der Waals surface area contributed by atoms with Crippen molar-refractivity contribution in [1.82, 2.24) is 14.7 Å². The average molecular weight is 336 g/mol. The third kappa shape index (κ3) is 3.13. The molecule has 0 radical (unpaired) electrons. The van der Waals surface area contributed by atoms with Crippen LogP contribution in [0.4, 0.5) is 0 Å². The molecule has 0 amide bonds. The van der Waals surface area contributed by atoms with Gasteiger partial charge >= 0.3 is 0 Å². The fourth-order valence-corrected chi connectivity index (χ4v) is 3.45. The van der Waals surface area contributed by atoms with Crippen LogP contribution in [-0.2, 0) is 23.2 Å². The lowest BCUT2D eigenvalue weighted by molar-refractivity contribution is 0.281. The monoisotopic (exact) mass is 335 g/mol. The van der Waals surface area contributed by atoms with Crippen LogP contribution in [0.25, 0.3) is 0 Å². The summed E-state index contributed by atoms with van der Waals surface area (Å²) in [6, 6.07) is 2.66. The number of halogens is 2. The van der Waals surface area contributed by atoms with Crippen LogP contribution in [0.3, 0.4) is 0 Å². The van der Waals surface area contributed by atoms with Crippen molar-refractivity contribution in [3.8, 4) is 0 Å². The molecule has 0 spiro atoms. The van der Waals surface area contributed by atoms with Gasteiger partial charge in [0.25, 0.3) is 0 Å². The normalized spacial score (nSPS) is 11.8. The molecule has 0 aliphatic heterocycles. The van der Waals surface area contributed by atoms with Gasteiger partial charge in [-0.1, -0.05) is 23.2 Å². The highest BCUT2D eigenvalue weighted by molar-refractivity contribution is 7.89. The predicted molar refractivity (Wildman–Crippen MR) is 75.0 cm³/mol. The highest BCUT2D eigenvalue weighted by Crippen LogP contribution is 2.30. The molecule has 0 aliphatic carbocycles. The molecule has 0 unspecified atom stereocenters. The number of sulfonamides is 1. The Hall–Kier alpha value is -1.12. The summed E-state index contributed by atoms with van der Waals surface area (Å²) < 4.78 is 26.7. The fourth-order valence-electron chi connectivity index (χ4n) is 1.56. The zero-order valence-corrected chi connectivity index (χ0v) is 12.4. The Labute approximate surface area is 125 Å². The van der Waals surface area contributed by atoms with Crippen molar-refractivity contribution >= 4 is 33.2 Å². The largest absolute Gasteiger partial charge is 0.392 e. The number of hydrogen-bond donors (Lipinski definition) is 3. The number of nitrogens with zero attached hydrogens (tertiary/aromatic N) is 1. The molecule has 9 heteroatoms. The number of benzene rings is 1. The van der Waals surface area contributed by atoms with E-state index in [-0.39, 0.29) is 27.0 Å². The zero-order valence-electron chi connectivity index (χ0n) is 10.1. The zero-order chi connectivity index (χ0) is 14.8. The second kappa shape index (κ2) is 6.11. The van der Waals surface area contributed by atoms with E-state index >= 15 is 0 Å².